The van der Waals surface area contributed by atoms with E-state index in [9.17, 15) is 0 Å². The molecule has 0 saturated heterocycles. The number of hydrazone groups is 1. The van der Waals surface area contributed by atoms with E-state index in [-0.39, 0.29) is 24.3 Å². The molecule has 8 heteroatoms. The third-order valence-electron chi connectivity index (χ3n) is 3.86. The Kier molecular flexibility index (Phi) is 5.28. The molecule has 1 aliphatic rings. The number of halogens is 2. The first kappa shape index (κ1) is 17.3. The van der Waals surface area contributed by atoms with E-state index in [2.05, 4.69) is 20.7 Å². The fraction of sp³-hybridized carbons (Fsp3) is 0.267. The maximum absolute atomic E-state index is 7.28. The molecule has 0 amide bonds. The Bertz CT molecular complexity index is 752. The Balaban J connectivity index is 0.00000192. The molecule has 1 aromatic heterocycles. The van der Waals surface area contributed by atoms with E-state index in [1.165, 1.54) is 0 Å². The zero-order chi connectivity index (χ0) is 15.7. The number of nitrogens with one attached hydrogen (secondary N) is 3. The van der Waals surface area contributed by atoms with Gasteiger partial charge in [0, 0.05) is 16.3 Å². The molecular weight excluding hydrogens is 335 g/mol. The zero-order valence-electron chi connectivity index (χ0n) is 12.6. The van der Waals surface area contributed by atoms with Gasteiger partial charge in [0.1, 0.15) is 0 Å². The van der Waals surface area contributed by atoms with Crippen molar-refractivity contribution in [1.82, 2.24) is 15.6 Å². The van der Waals surface area contributed by atoms with Gasteiger partial charge in [0.15, 0.2) is 0 Å². The molecule has 1 atom stereocenters. The second kappa shape index (κ2) is 7.02. The summed E-state index contributed by atoms with van der Waals surface area (Å²) in [5.74, 6) is 0.0311. The van der Waals surface area contributed by atoms with Crippen molar-refractivity contribution < 1.29 is 0 Å². The number of H-pyrrole nitrogens is 1. The summed E-state index contributed by atoms with van der Waals surface area (Å²) in [5, 5.41) is 19.7. The number of hydrogen-bond donors (Lipinski definition) is 4. The van der Waals surface area contributed by atoms with E-state index in [4.69, 9.17) is 22.7 Å². The second-order valence-electron chi connectivity index (χ2n) is 5.37. The number of aryl methyl sites for hydroxylation is 1. The Morgan fingerprint density at radius 2 is 2.17 bits per heavy atom. The average Bonchev–Trinajstić information content (AvgIpc) is 2.87. The van der Waals surface area contributed by atoms with Gasteiger partial charge in [0.2, 0.25) is 5.96 Å². The fourth-order valence-corrected chi connectivity index (χ4v) is 3.21. The molecule has 1 aromatic carbocycles. The number of nitrogens with two attached hydrogens (primary N) is 1. The van der Waals surface area contributed by atoms with Crippen molar-refractivity contribution >= 4 is 35.7 Å². The molecule has 1 aliphatic carbocycles. The van der Waals surface area contributed by atoms with Crippen LogP contribution in [0.15, 0.2) is 29.4 Å². The molecule has 0 saturated carbocycles. The number of rotatable bonds is 2. The molecule has 3 rings (SSSR count). The van der Waals surface area contributed by atoms with E-state index < -0.39 is 0 Å². The number of benzene rings is 1. The van der Waals surface area contributed by atoms with Crippen molar-refractivity contribution in [3.63, 3.8) is 0 Å². The minimum atomic E-state index is -0.185. The summed E-state index contributed by atoms with van der Waals surface area (Å²) in [6.07, 6.45) is 1.55. The smallest absolute Gasteiger partial charge is 0.206 e. The highest BCUT2D eigenvalue weighted by Crippen LogP contribution is 2.36. The molecule has 1 heterocycles. The van der Waals surface area contributed by atoms with Crippen LogP contribution in [0.1, 0.15) is 34.9 Å². The summed E-state index contributed by atoms with van der Waals surface area (Å²) in [5.41, 5.74) is 12.8. The summed E-state index contributed by atoms with van der Waals surface area (Å²) < 4.78 is 0. The van der Waals surface area contributed by atoms with Gasteiger partial charge in [0.05, 0.1) is 11.4 Å². The lowest BCUT2D eigenvalue weighted by Crippen LogP contribution is -2.29. The van der Waals surface area contributed by atoms with E-state index in [0.29, 0.717) is 0 Å². The number of fused-ring (bicyclic) bond motifs is 1. The van der Waals surface area contributed by atoms with Gasteiger partial charge in [-0.3, -0.25) is 10.5 Å². The van der Waals surface area contributed by atoms with Crippen LogP contribution in [-0.4, -0.2) is 21.9 Å². The topological polar surface area (TPSA) is 103 Å². The van der Waals surface area contributed by atoms with Crippen molar-refractivity contribution in [2.75, 3.05) is 0 Å². The first-order chi connectivity index (χ1) is 10.6. The third kappa shape index (κ3) is 3.48. The molecule has 1 unspecified atom stereocenters. The molecule has 2 aromatic rings. The molecule has 23 heavy (non-hydrogen) atoms. The summed E-state index contributed by atoms with van der Waals surface area (Å²) in [7, 11) is 0. The van der Waals surface area contributed by atoms with Crippen LogP contribution in [0.5, 0.6) is 0 Å². The van der Waals surface area contributed by atoms with Crippen LogP contribution in [0, 0.1) is 12.3 Å². The average molecular weight is 353 g/mol. The normalized spacial score (nSPS) is 18.2. The van der Waals surface area contributed by atoms with Crippen LogP contribution in [0.25, 0.3) is 0 Å². The van der Waals surface area contributed by atoms with Crippen LogP contribution >= 0.6 is 24.0 Å². The Hall–Kier alpha value is -2.05. The van der Waals surface area contributed by atoms with E-state index in [0.717, 1.165) is 46.1 Å². The molecule has 0 radical (unpaired) electrons. The summed E-state index contributed by atoms with van der Waals surface area (Å²) in [6.45, 7) is 1.94. The van der Waals surface area contributed by atoms with Crippen LogP contribution < -0.4 is 11.2 Å². The largest absolute Gasteiger partial charge is 0.369 e. The van der Waals surface area contributed by atoms with Gasteiger partial charge < -0.3 is 5.73 Å². The van der Waals surface area contributed by atoms with E-state index in [1.807, 2.05) is 31.2 Å². The number of aromatic amines is 1. The van der Waals surface area contributed by atoms with Crippen molar-refractivity contribution in [3.8, 4) is 0 Å². The predicted molar refractivity (Wildman–Crippen MR) is 94.7 cm³/mol. The first-order valence-electron chi connectivity index (χ1n) is 7.01. The van der Waals surface area contributed by atoms with Crippen LogP contribution in [-0.2, 0) is 6.42 Å². The first-order valence-corrected chi connectivity index (χ1v) is 7.39. The number of aromatic nitrogens is 2. The quantitative estimate of drug-likeness (QED) is 0.379. The van der Waals surface area contributed by atoms with Crippen LogP contribution in [0.3, 0.4) is 0 Å². The molecule has 122 valence electrons. The summed E-state index contributed by atoms with van der Waals surface area (Å²) >= 11 is 6.33. The van der Waals surface area contributed by atoms with E-state index >= 15 is 0 Å². The highest BCUT2D eigenvalue weighted by Gasteiger charge is 2.29. The molecule has 0 fully saturated rings. The van der Waals surface area contributed by atoms with E-state index in [1.54, 1.807) is 0 Å². The maximum atomic E-state index is 7.28. The molecular formula is C15H18Cl2N6. The van der Waals surface area contributed by atoms with Gasteiger partial charge in [-0.15, -0.1) is 12.4 Å². The third-order valence-corrected chi connectivity index (χ3v) is 4.20. The van der Waals surface area contributed by atoms with Gasteiger partial charge in [0.25, 0.3) is 0 Å². The van der Waals surface area contributed by atoms with Gasteiger partial charge in [-0.25, -0.2) is 5.43 Å². The number of nitrogens with zero attached hydrogens (tertiary/aromatic N) is 2. The van der Waals surface area contributed by atoms with Crippen molar-refractivity contribution in [2.24, 2.45) is 10.8 Å². The van der Waals surface area contributed by atoms with Gasteiger partial charge in [-0.2, -0.15) is 10.2 Å². The van der Waals surface area contributed by atoms with Crippen LogP contribution in [0.4, 0.5) is 0 Å². The molecule has 0 spiro atoms. The Labute approximate surface area is 145 Å². The Morgan fingerprint density at radius 3 is 2.87 bits per heavy atom. The van der Waals surface area contributed by atoms with Crippen molar-refractivity contribution in [2.45, 2.75) is 25.7 Å². The maximum Gasteiger partial charge on any atom is 0.206 e. The lowest BCUT2D eigenvalue weighted by atomic mass is 9.81. The number of hydrogen-bond acceptors (Lipinski definition) is 3. The standard InChI is InChI=1S/C15H17ClN6.ClH/c1-8-14-12(20-19-8)6-9(7-13(14)21-22-15(17)18)10-4-2-3-5-11(10)16;/h2-5,9H,6-7H2,1H3,(H,19,20)(H4,17,18,22);1H. The molecule has 5 N–H and O–H groups in total. The van der Waals surface area contributed by atoms with Crippen LogP contribution in [0.2, 0.25) is 5.02 Å². The zero-order valence-corrected chi connectivity index (χ0v) is 14.1. The monoisotopic (exact) mass is 352 g/mol. The lowest BCUT2D eigenvalue weighted by molar-refractivity contribution is 0.677. The summed E-state index contributed by atoms with van der Waals surface area (Å²) in [6, 6.07) is 7.85. The SMILES string of the molecule is Cc1n[nH]c2c1C(=NNC(=N)N)CC(c1ccccc1Cl)C2.Cl. The summed E-state index contributed by atoms with van der Waals surface area (Å²) in [4.78, 5) is 0. The Morgan fingerprint density at radius 1 is 1.43 bits per heavy atom. The van der Waals surface area contributed by atoms with Gasteiger partial charge in [-0.1, -0.05) is 29.8 Å². The second-order valence-corrected chi connectivity index (χ2v) is 5.78. The molecule has 0 aliphatic heterocycles. The highest BCUT2D eigenvalue weighted by atomic mass is 35.5. The lowest BCUT2D eigenvalue weighted by Gasteiger charge is -2.24. The number of guanidine groups is 1. The van der Waals surface area contributed by atoms with Gasteiger partial charge in [-0.05, 0) is 37.3 Å². The minimum absolute atomic E-state index is 0. The molecule has 6 nitrogen and oxygen atoms in total. The fourth-order valence-electron chi connectivity index (χ4n) is 2.92. The highest BCUT2D eigenvalue weighted by molar-refractivity contribution is 6.31. The van der Waals surface area contributed by atoms with Crippen molar-refractivity contribution in [3.05, 3.63) is 51.8 Å². The molecule has 0 bridgehead atoms. The minimum Gasteiger partial charge on any atom is -0.369 e. The van der Waals surface area contributed by atoms with Gasteiger partial charge >= 0.3 is 0 Å². The predicted octanol–water partition coefficient (Wildman–Crippen LogP) is 2.71. The van der Waals surface area contributed by atoms with Crippen molar-refractivity contribution in [1.29, 1.82) is 5.41 Å².